The molecule has 2 aromatic rings. The molecule has 3 aliphatic rings. The van der Waals surface area contributed by atoms with Gasteiger partial charge in [0.05, 0.1) is 12.3 Å². The minimum absolute atomic E-state index is 0.0215. The maximum atomic E-state index is 12.8. The molecule has 2 aliphatic heterocycles. The van der Waals surface area contributed by atoms with Crippen molar-refractivity contribution in [3.63, 3.8) is 0 Å². The quantitative estimate of drug-likeness (QED) is 0.438. The van der Waals surface area contributed by atoms with E-state index >= 15 is 0 Å². The number of allylic oxidation sites excluding steroid dienone is 4. The van der Waals surface area contributed by atoms with E-state index in [9.17, 15) is 9.59 Å². The zero-order valence-corrected chi connectivity index (χ0v) is 20.4. The molecule has 0 unspecified atom stereocenters. The largest absolute Gasteiger partial charge is 0.493 e. The van der Waals surface area contributed by atoms with Gasteiger partial charge in [-0.3, -0.25) is 20.1 Å². The lowest BCUT2D eigenvalue weighted by atomic mass is 10.1. The Balaban J connectivity index is 1.52. The second-order valence-corrected chi connectivity index (χ2v) is 9.11. The van der Waals surface area contributed by atoms with Crippen molar-refractivity contribution >= 4 is 28.8 Å². The number of carbonyl (C=O) groups excluding carboxylic acids is 1. The van der Waals surface area contributed by atoms with E-state index in [0.717, 1.165) is 16.7 Å². The van der Waals surface area contributed by atoms with Gasteiger partial charge in [-0.1, -0.05) is 41.7 Å². The lowest BCUT2D eigenvalue weighted by molar-refractivity contribution is -0.110. The maximum Gasteiger partial charge on any atom is 0.283 e. The maximum absolute atomic E-state index is 12.8. The molecule has 1 aliphatic carbocycles. The van der Waals surface area contributed by atoms with Gasteiger partial charge in [-0.05, 0) is 66.1 Å². The Morgan fingerprint density at radius 3 is 2.61 bits per heavy atom. The molecule has 0 aromatic heterocycles. The van der Waals surface area contributed by atoms with Crippen molar-refractivity contribution in [2.75, 3.05) is 7.11 Å². The number of methoxy groups -OCH3 is 1. The van der Waals surface area contributed by atoms with Crippen molar-refractivity contribution in [1.82, 2.24) is 14.8 Å². The normalized spacial score (nSPS) is 13.6. The van der Waals surface area contributed by atoms with Crippen LogP contribution in [0.2, 0.25) is 0 Å². The first-order valence-corrected chi connectivity index (χ1v) is 11.9. The van der Waals surface area contributed by atoms with Gasteiger partial charge in [-0.2, -0.15) is 4.98 Å². The number of H-pyrrole nitrogens is 1. The molecule has 2 N–H and O–H groups in total. The van der Waals surface area contributed by atoms with E-state index in [1.807, 2.05) is 31.2 Å². The topological polar surface area (TPSA) is 110 Å². The summed E-state index contributed by atoms with van der Waals surface area (Å²) < 4.78 is 13.6. The summed E-state index contributed by atoms with van der Waals surface area (Å²) in [5.74, 6) is 1.01. The van der Waals surface area contributed by atoms with E-state index in [0.29, 0.717) is 33.5 Å². The van der Waals surface area contributed by atoms with Crippen LogP contribution in [0.4, 0.5) is 0 Å². The number of aryl methyl sites for hydroxylation is 1. The average molecular weight is 499 g/mol. The summed E-state index contributed by atoms with van der Waals surface area (Å²) in [6.07, 6.45) is 7.91. The van der Waals surface area contributed by atoms with Crippen LogP contribution in [0.3, 0.4) is 0 Å². The Morgan fingerprint density at radius 1 is 1.08 bits per heavy atom. The number of aromatic nitrogens is 3. The fourth-order valence-corrected chi connectivity index (χ4v) is 4.68. The number of rotatable bonds is 5. The van der Waals surface area contributed by atoms with Crippen LogP contribution in [0.25, 0.3) is 16.8 Å². The number of ketones is 1. The predicted molar refractivity (Wildman–Crippen MR) is 137 cm³/mol. The van der Waals surface area contributed by atoms with Crippen LogP contribution in [0.5, 0.6) is 11.5 Å². The first kappa shape index (κ1) is 23.3. The number of fused-ring (bicyclic) bond motifs is 1. The van der Waals surface area contributed by atoms with Crippen LogP contribution in [0.1, 0.15) is 16.7 Å². The number of benzene rings is 2. The molecule has 0 saturated heterocycles. The van der Waals surface area contributed by atoms with Crippen molar-refractivity contribution in [1.29, 1.82) is 5.41 Å². The van der Waals surface area contributed by atoms with Gasteiger partial charge < -0.3 is 9.47 Å². The summed E-state index contributed by atoms with van der Waals surface area (Å²) >= 11 is 1.24. The molecular weight excluding hydrogens is 476 g/mol. The van der Waals surface area contributed by atoms with E-state index in [4.69, 9.17) is 14.9 Å². The monoisotopic (exact) mass is 498 g/mol. The van der Waals surface area contributed by atoms with Crippen LogP contribution >= 0.6 is 11.3 Å². The lowest BCUT2D eigenvalue weighted by Gasteiger charge is -2.12. The number of ether oxygens (including phenoxy) is 2. The summed E-state index contributed by atoms with van der Waals surface area (Å²) in [4.78, 5) is 28.3. The molecule has 2 heterocycles. The highest BCUT2D eigenvalue weighted by Gasteiger charge is 2.13. The van der Waals surface area contributed by atoms with Gasteiger partial charge in [0.1, 0.15) is 11.3 Å². The standard InChI is InChI=1S/C27H22N4O4S/c1-16-5-3-4-6-19(16)15-35-22-12-7-17(14-23(22)34-2)13-21-24(28)31-27(29-25(21)33)36-26(30-31)18-8-10-20(32)11-9-18/h3-14,28,30H,15H2,1-2H3. The highest BCUT2D eigenvalue weighted by atomic mass is 32.1. The molecule has 9 heteroatoms. The summed E-state index contributed by atoms with van der Waals surface area (Å²) in [6, 6.07) is 13.3. The van der Waals surface area contributed by atoms with E-state index in [2.05, 4.69) is 10.1 Å². The van der Waals surface area contributed by atoms with Gasteiger partial charge in [-0.25, -0.2) is 4.68 Å². The molecule has 5 rings (SSSR count). The van der Waals surface area contributed by atoms with Crippen molar-refractivity contribution in [3.8, 4) is 16.6 Å². The highest BCUT2D eigenvalue weighted by molar-refractivity contribution is 7.11. The molecule has 0 saturated carbocycles. The molecule has 0 atom stereocenters. The van der Waals surface area contributed by atoms with Crippen molar-refractivity contribution in [2.45, 2.75) is 13.5 Å². The Morgan fingerprint density at radius 2 is 1.86 bits per heavy atom. The third kappa shape index (κ3) is 4.56. The third-order valence-electron chi connectivity index (χ3n) is 5.76. The second-order valence-electron chi connectivity index (χ2n) is 8.13. The molecule has 2 aromatic carbocycles. The number of nitrogens with one attached hydrogen (secondary N) is 2. The van der Waals surface area contributed by atoms with Crippen LogP contribution in [0.15, 0.2) is 71.6 Å². The van der Waals surface area contributed by atoms with Crippen LogP contribution in [0, 0.1) is 12.3 Å². The van der Waals surface area contributed by atoms with Gasteiger partial charge >= 0.3 is 0 Å². The lowest BCUT2D eigenvalue weighted by Crippen LogP contribution is -2.47. The molecule has 0 spiro atoms. The van der Waals surface area contributed by atoms with E-state index < -0.39 is 5.56 Å². The Labute approximate surface area is 209 Å². The Bertz CT molecular complexity index is 1740. The first-order chi connectivity index (χ1) is 17.4. The number of nitrogens with zero attached hydrogens (tertiary/aromatic N) is 2. The van der Waals surface area contributed by atoms with Crippen LogP contribution in [-0.2, 0) is 11.4 Å². The fourth-order valence-electron chi connectivity index (χ4n) is 3.75. The van der Waals surface area contributed by atoms with Gasteiger partial charge in [0.15, 0.2) is 22.8 Å². The second kappa shape index (κ2) is 9.63. The van der Waals surface area contributed by atoms with E-state index in [1.165, 1.54) is 28.2 Å². The molecule has 8 nitrogen and oxygen atoms in total. The molecule has 0 amide bonds. The van der Waals surface area contributed by atoms with Crippen molar-refractivity contribution in [3.05, 3.63) is 109 Å². The Kier molecular flexibility index (Phi) is 6.22. The number of hydrogen-bond donors (Lipinski definition) is 2. The minimum Gasteiger partial charge on any atom is -0.493 e. The first-order valence-electron chi connectivity index (χ1n) is 11.1. The van der Waals surface area contributed by atoms with Crippen LogP contribution in [-0.4, -0.2) is 27.7 Å². The van der Waals surface area contributed by atoms with Gasteiger partial charge in [0, 0.05) is 5.57 Å². The summed E-state index contributed by atoms with van der Waals surface area (Å²) in [5, 5.41) is 12.2. The third-order valence-corrected chi connectivity index (χ3v) is 6.75. The molecule has 36 heavy (non-hydrogen) atoms. The summed E-state index contributed by atoms with van der Waals surface area (Å²) in [6.45, 7) is 2.44. The number of carbonyl (C=O) groups is 1. The molecular formula is C27H22N4O4S. The fraction of sp³-hybridized carbons (Fsp3) is 0.111. The smallest absolute Gasteiger partial charge is 0.283 e. The van der Waals surface area contributed by atoms with Gasteiger partial charge in [-0.15, -0.1) is 0 Å². The van der Waals surface area contributed by atoms with Crippen molar-refractivity contribution < 1.29 is 14.3 Å². The molecule has 0 radical (unpaired) electrons. The van der Waals surface area contributed by atoms with Crippen LogP contribution < -0.4 is 30.4 Å². The molecule has 0 fully saturated rings. The zero-order valence-electron chi connectivity index (χ0n) is 19.6. The summed E-state index contributed by atoms with van der Waals surface area (Å²) in [7, 11) is 1.55. The highest BCUT2D eigenvalue weighted by Crippen LogP contribution is 2.29. The number of aromatic amines is 1. The minimum atomic E-state index is -0.504. The van der Waals surface area contributed by atoms with Crippen molar-refractivity contribution in [2.24, 2.45) is 0 Å². The average Bonchev–Trinajstić information content (AvgIpc) is 3.31. The molecule has 180 valence electrons. The SMILES string of the molecule is COc1cc(C=c2c(=O)nc3sc(=C4C=CC(=O)C=C4)[nH]n-3c2=N)ccc1OCc1ccccc1C. The Hall–Kier alpha value is -4.50. The van der Waals surface area contributed by atoms with Gasteiger partial charge in [0.2, 0.25) is 5.13 Å². The zero-order chi connectivity index (χ0) is 25.2. The molecule has 0 bridgehead atoms. The van der Waals surface area contributed by atoms with E-state index in [1.54, 1.807) is 43.5 Å². The predicted octanol–water partition coefficient (Wildman–Crippen LogP) is 2.11. The summed E-state index contributed by atoms with van der Waals surface area (Å²) in [5.41, 5.74) is 3.14. The van der Waals surface area contributed by atoms with Gasteiger partial charge in [0.25, 0.3) is 5.56 Å². The van der Waals surface area contributed by atoms with E-state index in [-0.39, 0.29) is 16.5 Å². The number of hydrogen-bond acceptors (Lipinski definition) is 7.